The van der Waals surface area contributed by atoms with Crippen LogP contribution in [0.25, 0.3) is 0 Å². The molecule has 1 aliphatic heterocycles. The van der Waals surface area contributed by atoms with Gasteiger partial charge in [0.1, 0.15) is 11.6 Å². The van der Waals surface area contributed by atoms with Gasteiger partial charge in [-0.2, -0.15) is 0 Å². The van der Waals surface area contributed by atoms with Crippen LogP contribution in [0.3, 0.4) is 0 Å². The molecule has 7 heteroatoms. The minimum Gasteiger partial charge on any atom is -0.454 e. The fourth-order valence-corrected chi connectivity index (χ4v) is 2.70. The predicted molar refractivity (Wildman–Crippen MR) is 89.0 cm³/mol. The van der Waals surface area contributed by atoms with Crippen LogP contribution in [0.5, 0.6) is 0 Å². The fourth-order valence-electron chi connectivity index (χ4n) is 2.70. The lowest BCUT2D eigenvalue weighted by molar-refractivity contribution is -0.117. The largest absolute Gasteiger partial charge is 0.454 e. The monoisotopic (exact) mass is 359 g/mol. The molecular weight excluding hydrogens is 344 g/mol. The van der Waals surface area contributed by atoms with Crippen molar-refractivity contribution in [3.63, 3.8) is 0 Å². The summed E-state index contributed by atoms with van der Waals surface area (Å²) in [6, 6.07) is 8.69. The molecule has 3 rings (SSSR count). The molecule has 1 amide bonds. The van der Waals surface area contributed by atoms with Gasteiger partial charge in [-0.25, -0.2) is 13.6 Å². The first kappa shape index (κ1) is 17.7. The normalized spacial score (nSPS) is 13.8. The van der Waals surface area contributed by atoms with E-state index >= 15 is 0 Å². The van der Waals surface area contributed by atoms with Gasteiger partial charge >= 0.3 is 5.97 Å². The van der Waals surface area contributed by atoms with E-state index < -0.39 is 35.6 Å². The Morgan fingerprint density at radius 1 is 1.08 bits per heavy atom. The lowest BCUT2D eigenvalue weighted by Crippen LogP contribution is -2.23. The molecule has 0 unspecified atom stereocenters. The van der Waals surface area contributed by atoms with Crippen LogP contribution >= 0.6 is 0 Å². The third-order valence-corrected chi connectivity index (χ3v) is 4.05. The standard InChI is InChI=1S/C19H15F2NO4/c20-13-5-8-16(21)15(10-13)17(23)11-26-19(25)12-3-6-14(7-4-12)22-9-1-2-18(22)24/h3-8,10H,1-2,9,11H2. The Hall–Kier alpha value is -3.09. The maximum absolute atomic E-state index is 13.5. The summed E-state index contributed by atoms with van der Waals surface area (Å²) in [5.41, 5.74) is 0.399. The number of rotatable bonds is 5. The summed E-state index contributed by atoms with van der Waals surface area (Å²) < 4.78 is 31.5. The number of hydrogen-bond donors (Lipinski definition) is 0. The van der Waals surface area contributed by atoms with E-state index in [1.807, 2.05) is 0 Å². The van der Waals surface area contributed by atoms with Crippen molar-refractivity contribution >= 4 is 23.3 Å². The van der Waals surface area contributed by atoms with Gasteiger partial charge in [0.25, 0.3) is 0 Å². The first-order valence-corrected chi connectivity index (χ1v) is 8.01. The number of nitrogens with zero attached hydrogens (tertiary/aromatic N) is 1. The van der Waals surface area contributed by atoms with E-state index in [-0.39, 0.29) is 11.5 Å². The summed E-state index contributed by atoms with van der Waals surface area (Å²) in [4.78, 5) is 37.2. The van der Waals surface area contributed by atoms with Crippen LogP contribution in [0.15, 0.2) is 42.5 Å². The zero-order chi connectivity index (χ0) is 18.7. The lowest BCUT2D eigenvalue weighted by atomic mass is 10.1. The van der Waals surface area contributed by atoms with E-state index in [9.17, 15) is 23.2 Å². The van der Waals surface area contributed by atoms with Crippen molar-refractivity contribution in [2.24, 2.45) is 0 Å². The molecule has 0 aromatic heterocycles. The highest BCUT2D eigenvalue weighted by molar-refractivity contribution is 6.00. The molecule has 2 aromatic carbocycles. The van der Waals surface area contributed by atoms with Crippen LogP contribution < -0.4 is 4.90 Å². The van der Waals surface area contributed by atoms with E-state index in [0.29, 0.717) is 18.7 Å². The number of Topliss-reactive ketones (excluding diaryl/α,β-unsaturated/α-hetero) is 1. The Morgan fingerprint density at radius 2 is 1.81 bits per heavy atom. The molecule has 0 radical (unpaired) electrons. The molecule has 0 bridgehead atoms. The minimum absolute atomic E-state index is 0.0306. The molecule has 0 spiro atoms. The van der Waals surface area contributed by atoms with Crippen molar-refractivity contribution in [1.29, 1.82) is 0 Å². The smallest absolute Gasteiger partial charge is 0.338 e. The maximum Gasteiger partial charge on any atom is 0.338 e. The molecule has 1 aliphatic rings. The molecule has 1 fully saturated rings. The van der Waals surface area contributed by atoms with Crippen LogP contribution in [0.1, 0.15) is 33.6 Å². The molecular formula is C19H15F2NO4. The summed E-state index contributed by atoms with van der Waals surface area (Å²) >= 11 is 0. The van der Waals surface area contributed by atoms with Crippen molar-refractivity contribution in [2.45, 2.75) is 12.8 Å². The molecule has 1 saturated heterocycles. The summed E-state index contributed by atoms with van der Waals surface area (Å²) in [5.74, 6) is -3.22. The van der Waals surface area contributed by atoms with Crippen LogP contribution in [0.4, 0.5) is 14.5 Å². The van der Waals surface area contributed by atoms with Gasteiger partial charge < -0.3 is 9.64 Å². The third kappa shape index (κ3) is 3.77. The van der Waals surface area contributed by atoms with Gasteiger partial charge in [0.2, 0.25) is 11.7 Å². The van der Waals surface area contributed by atoms with Gasteiger partial charge in [0.05, 0.1) is 11.1 Å². The summed E-state index contributed by atoms with van der Waals surface area (Å²) in [6.45, 7) is -0.0676. The summed E-state index contributed by atoms with van der Waals surface area (Å²) in [6.07, 6.45) is 1.30. The Kier molecular flexibility index (Phi) is 5.06. The lowest BCUT2D eigenvalue weighted by Gasteiger charge is -2.15. The van der Waals surface area contributed by atoms with Gasteiger partial charge in [-0.05, 0) is 48.9 Å². The van der Waals surface area contributed by atoms with Crippen molar-refractivity contribution in [3.8, 4) is 0 Å². The Bertz CT molecular complexity index is 864. The molecule has 1 heterocycles. The molecule has 26 heavy (non-hydrogen) atoms. The highest BCUT2D eigenvalue weighted by Crippen LogP contribution is 2.22. The number of benzene rings is 2. The molecule has 0 aliphatic carbocycles. The van der Waals surface area contributed by atoms with E-state index in [1.165, 1.54) is 12.1 Å². The van der Waals surface area contributed by atoms with Gasteiger partial charge in [0, 0.05) is 18.7 Å². The van der Waals surface area contributed by atoms with Gasteiger partial charge in [-0.1, -0.05) is 0 Å². The van der Waals surface area contributed by atoms with E-state index in [4.69, 9.17) is 4.74 Å². The maximum atomic E-state index is 13.5. The second kappa shape index (κ2) is 7.43. The molecule has 134 valence electrons. The fraction of sp³-hybridized carbons (Fsp3) is 0.211. The van der Waals surface area contributed by atoms with Crippen molar-refractivity contribution in [3.05, 3.63) is 65.2 Å². The van der Waals surface area contributed by atoms with Gasteiger partial charge in [0.15, 0.2) is 6.61 Å². The number of ether oxygens (including phenoxy) is 1. The van der Waals surface area contributed by atoms with Crippen LogP contribution in [-0.2, 0) is 9.53 Å². The van der Waals surface area contributed by atoms with Crippen LogP contribution in [0, 0.1) is 11.6 Å². The number of carbonyl (C=O) groups excluding carboxylic acids is 3. The molecule has 2 aromatic rings. The number of halogens is 2. The number of ketones is 1. The van der Waals surface area contributed by atoms with E-state index in [2.05, 4.69) is 0 Å². The molecule has 5 nitrogen and oxygen atoms in total. The number of esters is 1. The van der Waals surface area contributed by atoms with Gasteiger partial charge in [-0.3, -0.25) is 9.59 Å². The zero-order valence-corrected chi connectivity index (χ0v) is 13.7. The van der Waals surface area contributed by atoms with Crippen molar-refractivity contribution in [2.75, 3.05) is 18.1 Å². The first-order valence-electron chi connectivity index (χ1n) is 8.01. The highest BCUT2D eigenvalue weighted by Gasteiger charge is 2.22. The first-order chi connectivity index (χ1) is 12.5. The average Bonchev–Trinajstić information content (AvgIpc) is 3.07. The second-order valence-corrected chi connectivity index (χ2v) is 5.82. The third-order valence-electron chi connectivity index (χ3n) is 4.05. The van der Waals surface area contributed by atoms with Crippen LogP contribution in [-0.4, -0.2) is 30.8 Å². The zero-order valence-electron chi connectivity index (χ0n) is 13.7. The second-order valence-electron chi connectivity index (χ2n) is 5.82. The predicted octanol–water partition coefficient (Wildman–Crippen LogP) is 3.13. The van der Waals surface area contributed by atoms with E-state index in [1.54, 1.807) is 17.0 Å². The summed E-state index contributed by atoms with van der Waals surface area (Å²) in [7, 11) is 0. The summed E-state index contributed by atoms with van der Waals surface area (Å²) in [5, 5.41) is 0. The Labute approximate surface area is 148 Å². The van der Waals surface area contributed by atoms with Crippen molar-refractivity contribution in [1.82, 2.24) is 0 Å². The molecule has 0 saturated carbocycles. The van der Waals surface area contributed by atoms with E-state index in [0.717, 1.165) is 24.6 Å². The SMILES string of the molecule is O=C(OCC(=O)c1cc(F)ccc1F)c1ccc(N2CCCC2=O)cc1. The Balaban J connectivity index is 1.62. The average molecular weight is 359 g/mol. The number of carbonyl (C=O) groups is 3. The topological polar surface area (TPSA) is 63.7 Å². The minimum atomic E-state index is -0.882. The van der Waals surface area contributed by atoms with Gasteiger partial charge in [-0.15, -0.1) is 0 Å². The highest BCUT2D eigenvalue weighted by atomic mass is 19.1. The van der Waals surface area contributed by atoms with Crippen molar-refractivity contribution < 1.29 is 27.9 Å². The van der Waals surface area contributed by atoms with Crippen LogP contribution in [0.2, 0.25) is 0 Å². The quantitative estimate of drug-likeness (QED) is 0.608. The number of anilines is 1. The molecule has 0 atom stereocenters. The molecule has 0 N–H and O–H groups in total. The number of hydrogen-bond acceptors (Lipinski definition) is 4. The number of amides is 1. The Morgan fingerprint density at radius 3 is 2.46 bits per heavy atom.